The smallest absolute Gasteiger partial charge is 0.310 e. The summed E-state index contributed by atoms with van der Waals surface area (Å²) in [6, 6.07) is 7.58. The van der Waals surface area contributed by atoms with Crippen molar-refractivity contribution < 1.29 is 33.2 Å². The molecule has 3 aliphatic rings. The second-order valence-electron chi connectivity index (χ2n) is 7.49. The number of esters is 1. The van der Waals surface area contributed by atoms with Crippen molar-refractivity contribution >= 4 is 17.6 Å². The lowest BCUT2D eigenvalue weighted by molar-refractivity contribution is -0.141. The molecule has 0 aromatic heterocycles. The largest absolute Gasteiger partial charge is 0.493 e. The number of cyclic esters (lactones) is 1. The average Bonchev–Trinajstić information content (AvgIpc) is 3.38. The van der Waals surface area contributed by atoms with E-state index >= 15 is 0 Å². The molecule has 158 valence electrons. The van der Waals surface area contributed by atoms with Crippen molar-refractivity contribution in [3.05, 3.63) is 41.0 Å². The maximum atomic E-state index is 12.8. The van der Waals surface area contributed by atoms with Gasteiger partial charge in [0.1, 0.15) is 0 Å². The van der Waals surface area contributed by atoms with Crippen molar-refractivity contribution in [3.63, 3.8) is 0 Å². The van der Waals surface area contributed by atoms with Crippen LogP contribution >= 0.6 is 11.6 Å². The summed E-state index contributed by atoms with van der Waals surface area (Å²) in [4.78, 5) is 12.8. The Hall–Kier alpha value is -2.80. The molecule has 2 aliphatic heterocycles. The number of alkyl halides is 1. The quantitative estimate of drug-likeness (QED) is 0.539. The minimum atomic E-state index is -0.428. The van der Waals surface area contributed by atoms with Crippen LogP contribution in [0.25, 0.3) is 0 Å². The van der Waals surface area contributed by atoms with Crippen LogP contribution in [0.1, 0.15) is 28.0 Å². The molecule has 0 radical (unpaired) electrons. The molecule has 0 saturated carbocycles. The summed E-state index contributed by atoms with van der Waals surface area (Å²) in [7, 11) is 4.68. The molecule has 0 spiro atoms. The van der Waals surface area contributed by atoms with E-state index in [-0.39, 0.29) is 36.6 Å². The van der Waals surface area contributed by atoms with Crippen molar-refractivity contribution in [2.24, 2.45) is 11.8 Å². The molecule has 1 saturated heterocycles. The molecule has 2 aromatic carbocycles. The van der Waals surface area contributed by atoms with Crippen molar-refractivity contribution in [2.75, 3.05) is 34.7 Å². The van der Waals surface area contributed by atoms with E-state index in [4.69, 9.17) is 40.0 Å². The minimum Gasteiger partial charge on any atom is -0.493 e. The average molecular weight is 433 g/mol. The number of carbonyl (C=O) groups is 1. The minimum absolute atomic E-state index is 0.156. The van der Waals surface area contributed by atoms with Gasteiger partial charge >= 0.3 is 5.97 Å². The van der Waals surface area contributed by atoms with E-state index in [1.807, 2.05) is 24.3 Å². The lowest BCUT2D eigenvalue weighted by Crippen LogP contribution is -2.33. The van der Waals surface area contributed by atoms with Gasteiger partial charge in [-0.25, -0.2) is 0 Å². The normalized spacial score (nSPS) is 25.9. The van der Waals surface area contributed by atoms with Crippen LogP contribution in [0, 0.1) is 11.8 Å². The zero-order valence-electron chi connectivity index (χ0n) is 16.8. The Morgan fingerprint density at radius 3 is 2.13 bits per heavy atom. The molecule has 30 heavy (non-hydrogen) atoms. The number of fused-ring (bicyclic) bond motifs is 3. The number of methoxy groups -OCH3 is 3. The molecule has 7 nitrogen and oxygen atoms in total. The van der Waals surface area contributed by atoms with Crippen molar-refractivity contribution in [1.29, 1.82) is 0 Å². The fraction of sp³-hybridized carbons (Fsp3) is 0.409. The highest BCUT2D eigenvalue weighted by Crippen LogP contribution is 2.57. The number of rotatable bonds is 4. The summed E-state index contributed by atoms with van der Waals surface area (Å²) in [5, 5.41) is -0.371. The molecule has 4 atom stereocenters. The van der Waals surface area contributed by atoms with Gasteiger partial charge in [-0.3, -0.25) is 4.79 Å². The summed E-state index contributed by atoms with van der Waals surface area (Å²) in [5.41, 5.74) is 2.68. The predicted octanol–water partition coefficient (Wildman–Crippen LogP) is 3.66. The van der Waals surface area contributed by atoms with Crippen LogP contribution in [0.4, 0.5) is 0 Å². The van der Waals surface area contributed by atoms with Gasteiger partial charge in [0.2, 0.25) is 12.5 Å². The molecule has 0 bridgehead atoms. The molecule has 2 heterocycles. The van der Waals surface area contributed by atoms with Gasteiger partial charge in [0, 0.05) is 11.8 Å². The number of hydrogen-bond donors (Lipinski definition) is 0. The Balaban J connectivity index is 1.74. The Kier molecular flexibility index (Phi) is 4.58. The molecule has 5 rings (SSSR count). The third-order valence-electron chi connectivity index (χ3n) is 6.14. The molecule has 0 N–H and O–H groups in total. The molecule has 1 fully saturated rings. The topological polar surface area (TPSA) is 72.5 Å². The zero-order chi connectivity index (χ0) is 21.0. The Labute approximate surface area is 178 Å². The van der Waals surface area contributed by atoms with Crippen molar-refractivity contribution in [1.82, 2.24) is 0 Å². The third-order valence-corrected chi connectivity index (χ3v) is 6.70. The molecule has 0 amide bonds. The first kappa shape index (κ1) is 19.2. The van der Waals surface area contributed by atoms with E-state index in [9.17, 15) is 4.79 Å². The van der Waals surface area contributed by atoms with Gasteiger partial charge in [-0.05, 0) is 41.0 Å². The van der Waals surface area contributed by atoms with E-state index in [0.717, 1.165) is 16.7 Å². The van der Waals surface area contributed by atoms with Crippen LogP contribution in [-0.4, -0.2) is 40.7 Å². The van der Waals surface area contributed by atoms with Gasteiger partial charge in [-0.2, -0.15) is 0 Å². The first-order valence-electron chi connectivity index (χ1n) is 9.61. The lowest BCUT2D eigenvalue weighted by atomic mass is 9.67. The summed E-state index contributed by atoms with van der Waals surface area (Å²) in [5.74, 6) is 1.68. The van der Waals surface area contributed by atoms with E-state index < -0.39 is 5.92 Å². The van der Waals surface area contributed by atoms with Gasteiger partial charge in [0.25, 0.3) is 0 Å². The van der Waals surface area contributed by atoms with E-state index in [1.165, 1.54) is 0 Å². The van der Waals surface area contributed by atoms with E-state index in [2.05, 4.69) is 0 Å². The van der Waals surface area contributed by atoms with Crippen LogP contribution in [-0.2, 0) is 9.53 Å². The third kappa shape index (κ3) is 2.68. The summed E-state index contributed by atoms with van der Waals surface area (Å²) in [6.07, 6.45) is 0. The Morgan fingerprint density at radius 2 is 1.53 bits per heavy atom. The SMILES string of the molecule is COc1cc([C@H]2c3cc4c(cc3[C@H](Cl)[C@@H]3COC(=O)[C@H]23)OCO4)cc(OC)c1OC. The molecule has 0 unspecified atom stereocenters. The maximum absolute atomic E-state index is 12.8. The highest BCUT2D eigenvalue weighted by atomic mass is 35.5. The van der Waals surface area contributed by atoms with Crippen molar-refractivity contribution in [3.8, 4) is 28.7 Å². The van der Waals surface area contributed by atoms with Crippen LogP contribution < -0.4 is 23.7 Å². The molecule has 8 heteroatoms. The fourth-order valence-electron chi connectivity index (χ4n) is 4.78. The second kappa shape index (κ2) is 7.16. The number of carbonyl (C=O) groups excluding carboxylic acids is 1. The van der Waals surface area contributed by atoms with Gasteiger partial charge in [0.15, 0.2) is 23.0 Å². The zero-order valence-corrected chi connectivity index (χ0v) is 17.5. The molecule has 2 aromatic rings. The standard InChI is InChI=1S/C22H21ClO7/c1-25-16-4-10(5-17(26-2)21(16)27-3)18-11-6-14-15(30-9-29-14)7-12(11)20(23)13-8-28-22(24)19(13)18/h4-7,13,18-20H,8-9H2,1-3H3/t13-,18+,19+,20+/m1/s1. The van der Waals surface area contributed by atoms with Crippen LogP contribution in [0.5, 0.6) is 28.7 Å². The molecular weight excluding hydrogens is 412 g/mol. The predicted molar refractivity (Wildman–Crippen MR) is 107 cm³/mol. The van der Waals surface area contributed by atoms with Gasteiger partial charge < -0.3 is 28.4 Å². The highest BCUT2D eigenvalue weighted by Gasteiger charge is 2.52. The van der Waals surface area contributed by atoms with Gasteiger partial charge in [-0.15, -0.1) is 11.6 Å². The first-order chi connectivity index (χ1) is 14.6. The summed E-state index contributed by atoms with van der Waals surface area (Å²) >= 11 is 6.83. The Bertz CT molecular complexity index is 996. The van der Waals surface area contributed by atoms with Gasteiger partial charge in [0.05, 0.1) is 39.2 Å². The first-order valence-corrected chi connectivity index (χ1v) is 10.0. The molecule has 1 aliphatic carbocycles. The fourth-order valence-corrected chi connectivity index (χ4v) is 5.19. The number of benzene rings is 2. The number of hydrogen-bond acceptors (Lipinski definition) is 7. The Morgan fingerprint density at radius 1 is 0.900 bits per heavy atom. The summed E-state index contributed by atoms with van der Waals surface area (Å²) in [6.45, 7) is 0.446. The van der Waals surface area contributed by atoms with Crippen LogP contribution in [0.3, 0.4) is 0 Å². The van der Waals surface area contributed by atoms with Gasteiger partial charge in [-0.1, -0.05) is 0 Å². The van der Waals surface area contributed by atoms with E-state index in [0.29, 0.717) is 28.7 Å². The lowest BCUT2D eigenvalue weighted by Gasteiger charge is -2.36. The van der Waals surface area contributed by atoms with Crippen molar-refractivity contribution in [2.45, 2.75) is 11.3 Å². The number of halogens is 1. The maximum Gasteiger partial charge on any atom is 0.310 e. The van der Waals surface area contributed by atoms with E-state index in [1.54, 1.807) is 21.3 Å². The monoisotopic (exact) mass is 432 g/mol. The van der Waals surface area contributed by atoms with Crippen LogP contribution in [0.15, 0.2) is 24.3 Å². The molecular formula is C22H21ClO7. The summed E-state index contributed by atoms with van der Waals surface area (Å²) < 4.78 is 33.1. The number of ether oxygens (including phenoxy) is 6. The second-order valence-corrected chi connectivity index (χ2v) is 7.96. The van der Waals surface area contributed by atoms with Crippen LogP contribution in [0.2, 0.25) is 0 Å². The highest BCUT2D eigenvalue weighted by molar-refractivity contribution is 6.21.